The first kappa shape index (κ1) is 35.1. The Morgan fingerprint density at radius 1 is 1.08 bits per heavy atom. The van der Waals surface area contributed by atoms with E-state index in [-0.39, 0.29) is 58.6 Å². The zero-order valence-corrected chi connectivity index (χ0v) is 28.4. The number of carbonyl (C=O) groups is 2. The number of aromatic nitrogens is 2. The van der Waals surface area contributed by atoms with Crippen molar-refractivity contribution in [2.75, 3.05) is 24.7 Å². The Morgan fingerprint density at radius 2 is 1.90 bits per heavy atom. The minimum absolute atomic E-state index is 0.109. The molecule has 0 unspecified atom stereocenters. The highest BCUT2D eigenvalue weighted by molar-refractivity contribution is 7.92. The summed E-state index contributed by atoms with van der Waals surface area (Å²) < 4.78 is 59.1. The maximum Gasteiger partial charge on any atom is 0.276 e. The molecule has 2 aromatic heterocycles. The van der Waals surface area contributed by atoms with E-state index in [1.165, 1.54) is 30.5 Å². The van der Waals surface area contributed by atoms with E-state index in [2.05, 4.69) is 30.3 Å². The highest BCUT2D eigenvalue weighted by atomic mass is 32.2. The number of nitrogens with one attached hydrogen (secondary N) is 3. The van der Waals surface area contributed by atoms with Crippen LogP contribution in [0.15, 0.2) is 47.0 Å². The lowest BCUT2D eigenvalue weighted by Crippen LogP contribution is -2.50. The lowest BCUT2D eigenvalue weighted by atomic mass is 10.0. The van der Waals surface area contributed by atoms with Gasteiger partial charge in [0, 0.05) is 29.5 Å². The summed E-state index contributed by atoms with van der Waals surface area (Å²) in [6.07, 6.45) is 5.81. The minimum Gasteiger partial charge on any atom is -0.493 e. The summed E-state index contributed by atoms with van der Waals surface area (Å²) in [4.78, 5) is 34.8. The number of hydrogen-bond donors (Lipinski definition) is 3. The van der Waals surface area contributed by atoms with Gasteiger partial charge in [0.1, 0.15) is 35.1 Å². The van der Waals surface area contributed by atoms with Gasteiger partial charge < -0.3 is 25.4 Å². The number of anilines is 2. The van der Waals surface area contributed by atoms with E-state index in [0.717, 1.165) is 25.6 Å². The van der Waals surface area contributed by atoms with Crippen LogP contribution in [0, 0.1) is 17.6 Å². The molecule has 0 saturated carbocycles. The average molecular weight is 685 g/mol. The predicted octanol–water partition coefficient (Wildman–Crippen LogP) is 5.51. The molecule has 4 heterocycles. The van der Waals surface area contributed by atoms with Crippen LogP contribution < -0.4 is 25.4 Å². The second-order valence-corrected chi connectivity index (χ2v) is 15.1. The summed E-state index contributed by atoms with van der Waals surface area (Å²) in [5.41, 5.74) is 1.05. The second-order valence-electron chi connectivity index (χ2n) is 12.7. The Morgan fingerprint density at radius 3 is 2.65 bits per heavy atom. The van der Waals surface area contributed by atoms with Gasteiger partial charge in [-0.15, -0.1) is 0 Å². The van der Waals surface area contributed by atoms with Crippen LogP contribution in [0.4, 0.5) is 20.4 Å². The lowest BCUT2D eigenvalue weighted by molar-refractivity contribution is -0.129. The van der Waals surface area contributed by atoms with Crippen LogP contribution in [0.2, 0.25) is 0 Å². The number of hydrogen-bond acceptors (Lipinski definition) is 9. The summed E-state index contributed by atoms with van der Waals surface area (Å²) in [6, 6.07) is 7.40. The van der Waals surface area contributed by atoms with Crippen molar-refractivity contribution in [2.45, 2.75) is 76.8 Å². The number of rotatable bonds is 6. The standard InChI is InChI=1S/C34H42F2N6O5S/c1-20(2)32(41-33(43)27-9-7-12-37-27)34(44)42-48(4,45)19-22-14-30-39-29-17-25(26(36)18-38-29)24-11-10-23(35)16-28(24)46-13-6-5-8-21(3)47-31(15-22)40-30/h10-11,14-18,20-21,27,32,37H,5-9,12-13,19H2,1-4H3,(H,41,43)(H,38,39,40)/t21-,27+,32+,48-/m1/s1. The van der Waals surface area contributed by atoms with E-state index >= 15 is 4.39 Å². The largest absolute Gasteiger partial charge is 0.493 e. The Labute approximate surface area is 279 Å². The van der Waals surface area contributed by atoms with Crippen LogP contribution in [0.5, 0.6) is 11.6 Å². The molecule has 48 heavy (non-hydrogen) atoms. The number of halogens is 2. The van der Waals surface area contributed by atoms with Gasteiger partial charge in [0.05, 0.1) is 40.4 Å². The molecule has 1 aromatic carbocycles. The van der Waals surface area contributed by atoms with E-state index in [0.29, 0.717) is 37.0 Å². The molecule has 1 fully saturated rings. The van der Waals surface area contributed by atoms with Gasteiger partial charge in [0.15, 0.2) is 0 Å². The Kier molecular flexibility index (Phi) is 11.3. The van der Waals surface area contributed by atoms with Crippen molar-refractivity contribution < 1.29 is 32.1 Å². The minimum atomic E-state index is -3.13. The number of nitrogens with zero attached hydrogens (tertiary/aromatic N) is 3. The van der Waals surface area contributed by atoms with Crippen molar-refractivity contribution in [3.05, 3.63) is 59.8 Å². The Balaban J connectivity index is 1.45. The molecule has 0 aliphatic carbocycles. The summed E-state index contributed by atoms with van der Waals surface area (Å²) in [5.74, 6) is -1.44. The summed E-state index contributed by atoms with van der Waals surface area (Å²) in [7, 11) is -3.13. The van der Waals surface area contributed by atoms with Crippen LogP contribution in [-0.4, -0.2) is 63.6 Å². The fourth-order valence-corrected chi connectivity index (χ4v) is 7.04. The fraction of sp³-hybridized carbons (Fsp3) is 0.471. The molecular formula is C34H42F2N6O5S. The molecule has 14 heteroatoms. The van der Waals surface area contributed by atoms with Gasteiger partial charge in [-0.1, -0.05) is 13.8 Å². The number of fused-ring (bicyclic) bond motifs is 6. The summed E-state index contributed by atoms with van der Waals surface area (Å²) >= 11 is 0. The van der Waals surface area contributed by atoms with Gasteiger partial charge in [-0.3, -0.25) is 9.59 Å². The van der Waals surface area contributed by atoms with E-state index in [1.54, 1.807) is 26.0 Å². The molecule has 11 nitrogen and oxygen atoms in total. The third-order valence-electron chi connectivity index (χ3n) is 8.12. The van der Waals surface area contributed by atoms with Crippen molar-refractivity contribution in [1.82, 2.24) is 20.6 Å². The van der Waals surface area contributed by atoms with Gasteiger partial charge in [-0.2, -0.15) is 9.35 Å². The van der Waals surface area contributed by atoms with Gasteiger partial charge >= 0.3 is 0 Å². The first-order valence-corrected chi connectivity index (χ1v) is 18.3. The van der Waals surface area contributed by atoms with Gasteiger partial charge in [-0.05, 0) is 81.3 Å². The lowest BCUT2D eigenvalue weighted by Gasteiger charge is -2.21. The molecule has 0 radical (unpaired) electrons. The topological polar surface area (TPSA) is 144 Å². The van der Waals surface area contributed by atoms with Crippen LogP contribution in [-0.2, 0) is 25.1 Å². The average Bonchev–Trinajstić information content (AvgIpc) is 3.55. The van der Waals surface area contributed by atoms with Gasteiger partial charge in [0.25, 0.3) is 5.91 Å². The monoisotopic (exact) mass is 684 g/mol. The van der Waals surface area contributed by atoms with Crippen molar-refractivity contribution in [3.63, 3.8) is 0 Å². The first-order chi connectivity index (χ1) is 22.9. The van der Waals surface area contributed by atoms with Crippen LogP contribution in [0.3, 0.4) is 0 Å². The number of benzene rings is 1. The maximum atomic E-state index is 15.1. The third kappa shape index (κ3) is 9.25. The van der Waals surface area contributed by atoms with E-state index in [1.807, 2.05) is 6.92 Å². The quantitative estimate of drug-likeness (QED) is 0.306. The fourth-order valence-electron chi connectivity index (χ4n) is 5.70. The normalized spacial score (nSPS) is 19.9. The maximum absolute atomic E-state index is 15.1. The number of carbonyl (C=O) groups excluding carboxylic acids is 2. The Bertz CT molecular complexity index is 1770. The smallest absolute Gasteiger partial charge is 0.276 e. The van der Waals surface area contributed by atoms with Gasteiger partial charge in [-0.25, -0.2) is 18.0 Å². The highest BCUT2D eigenvalue weighted by Gasteiger charge is 2.30. The van der Waals surface area contributed by atoms with Crippen molar-refractivity contribution in [3.8, 4) is 22.8 Å². The van der Waals surface area contributed by atoms with E-state index < -0.39 is 33.3 Å². The molecule has 4 bridgehead atoms. The molecule has 5 rings (SSSR count). The zero-order valence-electron chi connectivity index (χ0n) is 27.6. The second kappa shape index (κ2) is 15.4. The third-order valence-corrected chi connectivity index (χ3v) is 9.55. The highest BCUT2D eigenvalue weighted by Crippen LogP contribution is 2.34. The van der Waals surface area contributed by atoms with Gasteiger partial charge in [0.2, 0.25) is 11.8 Å². The molecule has 258 valence electrons. The number of amides is 2. The van der Waals surface area contributed by atoms with E-state index in [9.17, 15) is 18.2 Å². The number of pyridine rings is 2. The Hall–Kier alpha value is -4.17. The SMILES string of the molecule is CC(C)[C@H](NC(=O)[C@@H]1CCCN1)C(=O)N=[S@](C)(=O)Cc1cc2nc(c1)O[C@H](C)CCCCOc1cc(F)ccc1-c1cc(ncc1F)N2. The summed E-state index contributed by atoms with van der Waals surface area (Å²) in [5, 5.41) is 8.98. The molecule has 2 amide bonds. The zero-order chi connectivity index (χ0) is 34.4. The molecule has 3 aromatic rings. The van der Waals surface area contributed by atoms with Crippen molar-refractivity contribution >= 4 is 33.2 Å². The molecule has 0 spiro atoms. The molecule has 2 aliphatic rings. The molecule has 3 N–H and O–H groups in total. The summed E-state index contributed by atoms with van der Waals surface area (Å²) in [6.45, 7) is 6.53. The molecule has 1 saturated heterocycles. The van der Waals surface area contributed by atoms with Crippen molar-refractivity contribution in [2.24, 2.45) is 10.3 Å². The van der Waals surface area contributed by atoms with Crippen LogP contribution in [0.25, 0.3) is 11.1 Å². The predicted molar refractivity (Wildman–Crippen MR) is 180 cm³/mol. The molecular weight excluding hydrogens is 642 g/mol. The molecule has 2 aliphatic heterocycles. The van der Waals surface area contributed by atoms with E-state index in [4.69, 9.17) is 9.47 Å². The van der Waals surface area contributed by atoms with Crippen molar-refractivity contribution in [1.29, 1.82) is 0 Å². The number of ether oxygens (including phenoxy) is 2. The van der Waals surface area contributed by atoms with Crippen LogP contribution >= 0.6 is 0 Å². The first-order valence-electron chi connectivity index (χ1n) is 16.2. The molecule has 4 atom stereocenters. The van der Waals surface area contributed by atoms with Crippen LogP contribution in [0.1, 0.15) is 58.4 Å².